The van der Waals surface area contributed by atoms with Crippen molar-refractivity contribution in [3.63, 3.8) is 0 Å². The number of rotatable bonds is 4. The Balaban J connectivity index is 2.19. The predicted molar refractivity (Wildman–Crippen MR) is 87.2 cm³/mol. The third-order valence-corrected chi connectivity index (χ3v) is 3.86. The normalized spacial score (nSPS) is 13.0. The number of hydrogen-bond donors (Lipinski definition) is 2. The second kappa shape index (κ2) is 6.50. The Kier molecular flexibility index (Phi) is 4.70. The summed E-state index contributed by atoms with van der Waals surface area (Å²) >= 11 is 5.92. The van der Waals surface area contributed by atoms with Crippen LogP contribution in [0.25, 0.3) is 0 Å². The van der Waals surface area contributed by atoms with Gasteiger partial charge in [0.05, 0.1) is 6.04 Å². The van der Waals surface area contributed by atoms with Gasteiger partial charge < -0.3 is 15.8 Å². The van der Waals surface area contributed by atoms with E-state index in [4.69, 9.17) is 22.5 Å². The minimum atomic E-state index is 0.106. The number of nitrogens with zero attached hydrogens (tertiary/aromatic N) is 2. The van der Waals surface area contributed by atoms with Gasteiger partial charge in [0, 0.05) is 23.3 Å². The fraction of sp³-hybridized carbons (Fsp3) is 0.188. The zero-order valence-corrected chi connectivity index (χ0v) is 12.7. The third-order valence-electron chi connectivity index (χ3n) is 3.61. The van der Waals surface area contributed by atoms with Crippen molar-refractivity contribution < 1.29 is 5.21 Å². The molecule has 2 aromatic rings. The van der Waals surface area contributed by atoms with Gasteiger partial charge in [-0.3, -0.25) is 0 Å². The van der Waals surface area contributed by atoms with Crippen LogP contribution in [0.3, 0.4) is 0 Å². The Morgan fingerprint density at radius 2 is 1.71 bits per heavy atom. The first-order valence-electron chi connectivity index (χ1n) is 6.59. The van der Waals surface area contributed by atoms with Gasteiger partial charge >= 0.3 is 0 Å². The fourth-order valence-corrected chi connectivity index (χ4v) is 2.24. The molecule has 1 atom stereocenters. The summed E-state index contributed by atoms with van der Waals surface area (Å²) in [6.07, 6.45) is 0. The van der Waals surface area contributed by atoms with Crippen LogP contribution in [0.1, 0.15) is 24.1 Å². The van der Waals surface area contributed by atoms with E-state index in [0.29, 0.717) is 5.56 Å². The highest BCUT2D eigenvalue weighted by Gasteiger charge is 2.12. The molecule has 0 heterocycles. The van der Waals surface area contributed by atoms with E-state index in [2.05, 4.69) is 17.0 Å². The summed E-state index contributed by atoms with van der Waals surface area (Å²) in [5.74, 6) is 0.106. The van der Waals surface area contributed by atoms with E-state index in [9.17, 15) is 0 Å². The van der Waals surface area contributed by atoms with Crippen LogP contribution in [0.15, 0.2) is 53.7 Å². The summed E-state index contributed by atoms with van der Waals surface area (Å²) in [6, 6.07) is 15.6. The van der Waals surface area contributed by atoms with Crippen LogP contribution in [-0.2, 0) is 0 Å². The molecule has 3 N–H and O–H groups in total. The second-order valence-corrected chi connectivity index (χ2v) is 5.31. The van der Waals surface area contributed by atoms with Crippen LogP contribution in [0.2, 0.25) is 5.02 Å². The van der Waals surface area contributed by atoms with Gasteiger partial charge in [-0.2, -0.15) is 0 Å². The molecule has 0 aliphatic heterocycles. The maximum atomic E-state index is 8.67. The third kappa shape index (κ3) is 3.47. The van der Waals surface area contributed by atoms with E-state index < -0.39 is 0 Å². The van der Waals surface area contributed by atoms with Crippen molar-refractivity contribution in [1.29, 1.82) is 0 Å². The van der Waals surface area contributed by atoms with Gasteiger partial charge in [0.15, 0.2) is 5.84 Å². The molecule has 5 heteroatoms. The average molecular weight is 304 g/mol. The number of hydrogen-bond acceptors (Lipinski definition) is 3. The molecule has 0 bridgehead atoms. The van der Waals surface area contributed by atoms with Crippen molar-refractivity contribution >= 4 is 23.1 Å². The van der Waals surface area contributed by atoms with Gasteiger partial charge in [0.2, 0.25) is 0 Å². The monoisotopic (exact) mass is 303 g/mol. The van der Waals surface area contributed by atoms with Crippen molar-refractivity contribution in [2.45, 2.75) is 13.0 Å². The van der Waals surface area contributed by atoms with Crippen molar-refractivity contribution in [1.82, 2.24) is 0 Å². The van der Waals surface area contributed by atoms with Crippen molar-refractivity contribution in [2.24, 2.45) is 10.9 Å². The smallest absolute Gasteiger partial charge is 0.170 e. The number of halogens is 1. The SMILES string of the molecule is CC(c1ccc(Cl)cc1)N(C)c1ccc(C(N)=NO)cc1. The lowest BCUT2D eigenvalue weighted by Gasteiger charge is -2.27. The van der Waals surface area contributed by atoms with E-state index in [1.54, 1.807) is 0 Å². The molecule has 0 fully saturated rings. The molecule has 21 heavy (non-hydrogen) atoms. The summed E-state index contributed by atoms with van der Waals surface area (Å²) in [5.41, 5.74) is 8.48. The summed E-state index contributed by atoms with van der Waals surface area (Å²) in [7, 11) is 2.03. The lowest BCUT2D eigenvalue weighted by molar-refractivity contribution is 0.318. The highest BCUT2D eigenvalue weighted by molar-refractivity contribution is 6.30. The molecular formula is C16H18ClN3O. The molecule has 0 spiro atoms. The molecule has 2 aromatic carbocycles. The van der Waals surface area contributed by atoms with Crippen LogP contribution in [0, 0.1) is 0 Å². The Bertz CT molecular complexity index is 623. The minimum Gasteiger partial charge on any atom is -0.409 e. The maximum Gasteiger partial charge on any atom is 0.170 e. The van der Waals surface area contributed by atoms with Gasteiger partial charge in [-0.05, 0) is 48.9 Å². The first-order chi connectivity index (χ1) is 10.0. The number of nitrogens with two attached hydrogens (primary N) is 1. The number of amidine groups is 1. The van der Waals surface area contributed by atoms with Crippen LogP contribution >= 0.6 is 11.6 Å². The predicted octanol–water partition coefficient (Wildman–Crippen LogP) is 3.63. The van der Waals surface area contributed by atoms with Crippen LogP contribution in [-0.4, -0.2) is 18.1 Å². The van der Waals surface area contributed by atoms with E-state index in [-0.39, 0.29) is 11.9 Å². The average Bonchev–Trinajstić information content (AvgIpc) is 2.53. The molecule has 0 saturated carbocycles. The maximum absolute atomic E-state index is 8.67. The Morgan fingerprint density at radius 1 is 1.14 bits per heavy atom. The molecule has 0 radical (unpaired) electrons. The fourth-order valence-electron chi connectivity index (χ4n) is 2.11. The second-order valence-electron chi connectivity index (χ2n) is 4.87. The molecule has 0 aliphatic carbocycles. The van der Waals surface area contributed by atoms with Gasteiger partial charge in [-0.1, -0.05) is 28.9 Å². The van der Waals surface area contributed by atoms with E-state index in [1.165, 1.54) is 5.56 Å². The standard InChI is InChI=1S/C16H18ClN3O/c1-11(12-3-7-14(17)8-4-12)20(2)15-9-5-13(6-10-15)16(18)19-21/h3-11,21H,1-2H3,(H2,18,19). The molecular weight excluding hydrogens is 286 g/mol. The molecule has 0 aromatic heterocycles. The Morgan fingerprint density at radius 3 is 2.24 bits per heavy atom. The van der Waals surface area contributed by atoms with E-state index >= 15 is 0 Å². The number of anilines is 1. The highest BCUT2D eigenvalue weighted by Crippen LogP contribution is 2.26. The largest absolute Gasteiger partial charge is 0.409 e. The van der Waals surface area contributed by atoms with Crippen molar-refractivity contribution in [3.8, 4) is 0 Å². The quantitative estimate of drug-likeness (QED) is 0.392. The summed E-state index contributed by atoms with van der Waals surface area (Å²) in [5, 5.41) is 12.4. The Hall–Kier alpha value is -2.20. The van der Waals surface area contributed by atoms with Gasteiger partial charge in [-0.15, -0.1) is 0 Å². The van der Waals surface area contributed by atoms with Gasteiger partial charge in [0.25, 0.3) is 0 Å². The van der Waals surface area contributed by atoms with E-state index in [1.807, 2.05) is 55.6 Å². The van der Waals surface area contributed by atoms with Gasteiger partial charge in [0.1, 0.15) is 0 Å². The molecule has 2 rings (SSSR count). The summed E-state index contributed by atoms with van der Waals surface area (Å²) in [4.78, 5) is 2.15. The first-order valence-corrected chi connectivity index (χ1v) is 6.97. The van der Waals surface area contributed by atoms with Crippen molar-refractivity contribution in [2.75, 3.05) is 11.9 Å². The zero-order valence-electron chi connectivity index (χ0n) is 12.0. The lowest BCUT2D eigenvalue weighted by Crippen LogP contribution is -2.21. The first kappa shape index (κ1) is 15.2. The minimum absolute atomic E-state index is 0.106. The molecule has 0 saturated heterocycles. The topological polar surface area (TPSA) is 61.8 Å². The summed E-state index contributed by atoms with van der Waals surface area (Å²) < 4.78 is 0. The Labute approximate surface area is 129 Å². The zero-order chi connectivity index (χ0) is 15.4. The van der Waals surface area contributed by atoms with Crippen molar-refractivity contribution in [3.05, 3.63) is 64.7 Å². The van der Waals surface area contributed by atoms with Crippen LogP contribution < -0.4 is 10.6 Å². The molecule has 4 nitrogen and oxygen atoms in total. The lowest BCUT2D eigenvalue weighted by atomic mass is 10.1. The molecule has 0 aliphatic rings. The van der Waals surface area contributed by atoms with E-state index in [0.717, 1.165) is 10.7 Å². The molecule has 110 valence electrons. The van der Waals surface area contributed by atoms with Crippen LogP contribution in [0.4, 0.5) is 5.69 Å². The molecule has 1 unspecified atom stereocenters. The van der Waals surface area contributed by atoms with Crippen LogP contribution in [0.5, 0.6) is 0 Å². The molecule has 0 amide bonds. The summed E-state index contributed by atoms with van der Waals surface area (Å²) in [6.45, 7) is 2.13. The number of oxime groups is 1. The van der Waals surface area contributed by atoms with Gasteiger partial charge in [-0.25, -0.2) is 0 Å². The number of benzene rings is 2. The highest BCUT2D eigenvalue weighted by atomic mass is 35.5.